The van der Waals surface area contributed by atoms with Gasteiger partial charge in [-0.05, 0) is 56.5 Å². The van der Waals surface area contributed by atoms with Gasteiger partial charge in [-0.1, -0.05) is 30.3 Å². The molecule has 6 heteroatoms. The third-order valence-corrected chi connectivity index (χ3v) is 6.24. The lowest BCUT2D eigenvalue weighted by Crippen LogP contribution is -2.51. The number of amides is 1. The average molecular weight is 360 g/mol. The predicted octanol–water partition coefficient (Wildman–Crippen LogP) is 2.91. The first-order valence-electron chi connectivity index (χ1n) is 8.51. The lowest BCUT2D eigenvalue weighted by molar-refractivity contribution is -0.125. The Hall–Kier alpha value is -1.92. The fraction of sp³-hybridized carbons (Fsp3) is 0.421. The second-order valence-corrected chi connectivity index (χ2v) is 9.41. The lowest BCUT2D eigenvalue weighted by atomic mass is 10.1. The Bertz CT molecular complexity index is 900. The minimum absolute atomic E-state index is 0.227. The van der Waals surface area contributed by atoms with Crippen molar-refractivity contribution in [2.45, 2.75) is 50.1 Å². The molecule has 2 aromatic rings. The molecular weight excluding hydrogens is 336 g/mol. The SMILES string of the molecule is CC(C)(C)NC(=O)[C@@H]1CCCN1S(=O)(=O)c1ccc2ccccc2c1. The number of carbonyl (C=O) groups is 1. The van der Waals surface area contributed by atoms with Crippen molar-refractivity contribution in [1.29, 1.82) is 0 Å². The van der Waals surface area contributed by atoms with Crippen LogP contribution >= 0.6 is 0 Å². The van der Waals surface area contributed by atoms with Gasteiger partial charge < -0.3 is 5.32 Å². The van der Waals surface area contributed by atoms with Crippen LogP contribution in [0.1, 0.15) is 33.6 Å². The highest BCUT2D eigenvalue weighted by Gasteiger charge is 2.40. The summed E-state index contributed by atoms with van der Waals surface area (Å²) in [5, 5.41) is 4.76. The van der Waals surface area contributed by atoms with Gasteiger partial charge in [0.1, 0.15) is 6.04 Å². The summed E-state index contributed by atoms with van der Waals surface area (Å²) in [5.74, 6) is -0.227. The fourth-order valence-electron chi connectivity index (χ4n) is 3.21. The van der Waals surface area contributed by atoms with Gasteiger partial charge in [0.15, 0.2) is 0 Å². The molecule has 1 atom stereocenters. The van der Waals surface area contributed by atoms with Crippen LogP contribution in [0.4, 0.5) is 0 Å². The monoisotopic (exact) mass is 360 g/mol. The van der Waals surface area contributed by atoms with Gasteiger partial charge in [0.25, 0.3) is 0 Å². The molecule has 5 nitrogen and oxygen atoms in total. The molecule has 0 aromatic heterocycles. The smallest absolute Gasteiger partial charge is 0.243 e. The molecule has 1 amide bonds. The van der Waals surface area contributed by atoms with Crippen LogP contribution in [0.5, 0.6) is 0 Å². The second kappa shape index (κ2) is 6.42. The lowest BCUT2D eigenvalue weighted by Gasteiger charge is -2.27. The highest BCUT2D eigenvalue weighted by molar-refractivity contribution is 7.89. The van der Waals surface area contributed by atoms with Crippen molar-refractivity contribution in [1.82, 2.24) is 9.62 Å². The highest BCUT2D eigenvalue weighted by atomic mass is 32.2. The third kappa shape index (κ3) is 3.70. The standard InChI is InChI=1S/C19H24N2O3S/c1-19(2,3)20-18(22)17-9-6-12-21(17)25(23,24)16-11-10-14-7-4-5-8-15(14)13-16/h4-5,7-8,10-11,13,17H,6,9,12H2,1-3H3,(H,20,22)/t17-/m0/s1. The maximum atomic E-state index is 13.1. The zero-order valence-electron chi connectivity index (χ0n) is 14.8. The zero-order chi connectivity index (χ0) is 18.2. The van der Waals surface area contributed by atoms with Crippen molar-refractivity contribution in [2.24, 2.45) is 0 Å². The molecule has 2 aromatic carbocycles. The third-order valence-electron chi connectivity index (χ3n) is 4.33. The molecule has 134 valence electrons. The van der Waals surface area contributed by atoms with Gasteiger partial charge in [-0.3, -0.25) is 4.79 Å². The summed E-state index contributed by atoms with van der Waals surface area (Å²) >= 11 is 0. The number of rotatable bonds is 3. The Balaban J connectivity index is 1.93. The molecule has 1 N–H and O–H groups in total. The summed E-state index contributed by atoms with van der Waals surface area (Å²) in [6.45, 7) is 6.05. The van der Waals surface area contributed by atoms with E-state index in [0.717, 1.165) is 10.8 Å². The van der Waals surface area contributed by atoms with Crippen LogP contribution in [-0.2, 0) is 14.8 Å². The van der Waals surface area contributed by atoms with E-state index in [4.69, 9.17) is 0 Å². The number of hydrogen-bond acceptors (Lipinski definition) is 3. The van der Waals surface area contributed by atoms with E-state index in [0.29, 0.717) is 19.4 Å². The van der Waals surface area contributed by atoms with Crippen molar-refractivity contribution in [3.8, 4) is 0 Å². The number of nitrogens with zero attached hydrogens (tertiary/aromatic N) is 1. The summed E-state index contributed by atoms with van der Waals surface area (Å²) in [6, 6.07) is 12.1. The van der Waals surface area contributed by atoms with Gasteiger partial charge in [0, 0.05) is 12.1 Å². The highest BCUT2D eigenvalue weighted by Crippen LogP contribution is 2.28. The quantitative estimate of drug-likeness (QED) is 0.915. The van der Waals surface area contributed by atoms with Crippen molar-refractivity contribution < 1.29 is 13.2 Å². The van der Waals surface area contributed by atoms with Crippen LogP contribution in [0.15, 0.2) is 47.4 Å². The molecule has 0 spiro atoms. The molecule has 25 heavy (non-hydrogen) atoms. The summed E-state index contributed by atoms with van der Waals surface area (Å²) in [4.78, 5) is 12.8. The maximum Gasteiger partial charge on any atom is 0.243 e. The summed E-state index contributed by atoms with van der Waals surface area (Å²) < 4.78 is 27.6. The van der Waals surface area contributed by atoms with Crippen LogP contribution in [0, 0.1) is 0 Å². The zero-order valence-corrected chi connectivity index (χ0v) is 15.6. The minimum Gasteiger partial charge on any atom is -0.350 e. The van der Waals surface area contributed by atoms with E-state index in [-0.39, 0.29) is 10.8 Å². The van der Waals surface area contributed by atoms with Crippen LogP contribution in [0.2, 0.25) is 0 Å². The van der Waals surface area contributed by atoms with E-state index >= 15 is 0 Å². The van der Waals surface area contributed by atoms with Crippen LogP contribution in [0.3, 0.4) is 0 Å². The Labute approximate surface area is 149 Å². The van der Waals surface area contributed by atoms with Crippen LogP contribution in [-0.4, -0.2) is 36.8 Å². The Morgan fingerprint density at radius 2 is 1.80 bits per heavy atom. The molecule has 0 bridgehead atoms. The number of sulfonamides is 1. The average Bonchev–Trinajstić information content (AvgIpc) is 3.03. The molecular formula is C19H24N2O3S. The normalized spacial score (nSPS) is 19.2. The van der Waals surface area contributed by atoms with E-state index in [2.05, 4.69) is 5.32 Å². The van der Waals surface area contributed by atoms with Gasteiger partial charge in [0.05, 0.1) is 4.90 Å². The van der Waals surface area contributed by atoms with E-state index < -0.39 is 21.6 Å². The summed E-state index contributed by atoms with van der Waals surface area (Å²) in [6.07, 6.45) is 1.24. The number of hydrogen-bond donors (Lipinski definition) is 1. The number of fused-ring (bicyclic) bond motifs is 1. The van der Waals surface area contributed by atoms with Gasteiger partial charge in [-0.2, -0.15) is 4.31 Å². The molecule has 1 fully saturated rings. The molecule has 0 unspecified atom stereocenters. The van der Waals surface area contributed by atoms with E-state index in [1.165, 1.54) is 4.31 Å². The van der Waals surface area contributed by atoms with Crippen LogP contribution in [0.25, 0.3) is 10.8 Å². The molecule has 1 heterocycles. The van der Waals surface area contributed by atoms with E-state index in [1.807, 2.05) is 51.1 Å². The molecule has 1 saturated heterocycles. The van der Waals surface area contributed by atoms with Crippen molar-refractivity contribution in [3.05, 3.63) is 42.5 Å². The first kappa shape index (κ1) is 17.9. The number of benzene rings is 2. The maximum absolute atomic E-state index is 13.1. The Kier molecular flexibility index (Phi) is 4.60. The van der Waals surface area contributed by atoms with E-state index in [9.17, 15) is 13.2 Å². The summed E-state index contributed by atoms with van der Waals surface area (Å²) in [5.41, 5.74) is -0.391. The van der Waals surface area contributed by atoms with Crippen molar-refractivity contribution >= 4 is 26.7 Å². The second-order valence-electron chi connectivity index (χ2n) is 7.52. The van der Waals surface area contributed by atoms with Crippen molar-refractivity contribution in [3.63, 3.8) is 0 Å². The molecule has 0 aliphatic carbocycles. The van der Waals surface area contributed by atoms with Gasteiger partial charge in [0.2, 0.25) is 15.9 Å². The predicted molar refractivity (Wildman–Crippen MR) is 98.8 cm³/mol. The molecule has 0 radical (unpaired) electrons. The molecule has 3 rings (SSSR count). The van der Waals surface area contributed by atoms with Crippen LogP contribution < -0.4 is 5.32 Å². The van der Waals surface area contributed by atoms with Gasteiger partial charge >= 0.3 is 0 Å². The first-order chi connectivity index (χ1) is 11.7. The summed E-state index contributed by atoms with van der Waals surface area (Å²) in [7, 11) is -3.71. The van der Waals surface area contributed by atoms with Gasteiger partial charge in [-0.25, -0.2) is 8.42 Å². The van der Waals surface area contributed by atoms with Crippen molar-refractivity contribution in [2.75, 3.05) is 6.54 Å². The first-order valence-corrected chi connectivity index (χ1v) is 9.95. The molecule has 1 aliphatic heterocycles. The Morgan fingerprint density at radius 1 is 1.12 bits per heavy atom. The van der Waals surface area contributed by atoms with Gasteiger partial charge in [-0.15, -0.1) is 0 Å². The Morgan fingerprint density at radius 3 is 2.48 bits per heavy atom. The topological polar surface area (TPSA) is 66.5 Å². The number of nitrogens with one attached hydrogen (secondary N) is 1. The molecule has 1 aliphatic rings. The largest absolute Gasteiger partial charge is 0.350 e. The fourth-order valence-corrected chi connectivity index (χ4v) is 4.90. The van der Waals surface area contributed by atoms with E-state index in [1.54, 1.807) is 12.1 Å². The molecule has 0 saturated carbocycles. The minimum atomic E-state index is -3.71. The number of carbonyl (C=O) groups excluding carboxylic acids is 1.